The summed E-state index contributed by atoms with van der Waals surface area (Å²) in [6.45, 7) is 7.56. The van der Waals surface area contributed by atoms with Crippen LogP contribution in [0.15, 0.2) is 30.4 Å². The fraction of sp³-hybridized carbons (Fsp3) is 0.552. The molecular weight excluding hydrogens is 562 g/mol. The van der Waals surface area contributed by atoms with Crippen LogP contribution in [0.25, 0.3) is 0 Å². The Hall–Kier alpha value is -3.55. The number of hydrogen-bond acceptors (Lipinski definition) is 8. The maximum absolute atomic E-state index is 13.2. The first-order valence-electron chi connectivity index (χ1n) is 14.2. The number of carbonyl (C=O) groups excluding carboxylic acids is 3. The molecule has 0 radical (unpaired) electrons. The second-order valence-electron chi connectivity index (χ2n) is 11.9. The van der Waals surface area contributed by atoms with E-state index in [9.17, 15) is 24.0 Å². The third-order valence-corrected chi connectivity index (χ3v) is 9.10. The van der Waals surface area contributed by atoms with E-state index in [1.165, 1.54) is 4.90 Å². The molecule has 2 heterocycles. The van der Waals surface area contributed by atoms with E-state index in [2.05, 4.69) is 19.6 Å². The van der Waals surface area contributed by atoms with E-state index in [0.29, 0.717) is 43.0 Å². The van der Waals surface area contributed by atoms with Crippen molar-refractivity contribution >= 4 is 37.7 Å². The van der Waals surface area contributed by atoms with Gasteiger partial charge < -0.3 is 30.3 Å². The summed E-state index contributed by atoms with van der Waals surface area (Å²) in [7, 11) is -1.26. The Morgan fingerprint density at radius 3 is 2.33 bits per heavy atom. The Kier molecular flexibility index (Phi) is 11.4. The van der Waals surface area contributed by atoms with Gasteiger partial charge in [0.25, 0.3) is 11.8 Å². The van der Waals surface area contributed by atoms with Crippen LogP contribution in [0.4, 0.5) is 0 Å². The van der Waals surface area contributed by atoms with Crippen LogP contribution < -0.4 is 10.5 Å². The average Bonchev–Trinajstić information content (AvgIpc) is 3.23. The summed E-state index contributed by atoms with van der Waals surface area (Å²) in [6.07, 6.45) is 5.80. The molecule has 3 amide bonds. The number of carbonyl (C=O) groups is 5. The van der Waals surface area contributed by atoms with Crippen LogP contribution in [-0.4, -0.2) is 89.3 Å². The molecule has 42 heavy (non-hydrogen) atoms. The number of benzene rings is 1. The van der Waals surface area contributed by atoms with Gasteiger partial charge in [-0.1, -0.05) is 26.1 Å². The van der Waals surface area contributed by atoms with Crippen molar-refractivity contribution in [2.75, 3.05) is 13.3 Å². The molecule has 0 bridgehead atoms. The highest BCUT2D eigenvalue weighted by molar-refractivity contribution is 6.76. The number of imide groups is 1. The first kappa shape index (κ1) is 33.0. The standard InChI is InChI=1S/C25H37N3O5Si.C4H4O4/c1-34(2,3)13-12-32-16-28-23(29)11-10-21(25(28)31)27-15-17-14-18(8-9-19(17)24(27)30)33-22-7-5-4-6-20(22)26;5-3(6)1-2-4(7)8/h8-9,14,20-22H,4-7,10-13,15-16,26H2,1-3H3;1-2H,(H,5,6)(H,7,8)/b;2-1+/t20-,21?,22-;/m0./s1. The van der Waals surface area contributed by atoms with E-state index in [0.717, 1.165) is 37.3 Å². The van der Waals surface area contributed by atoms with Crippen LogP contribution in [0.1, 0.15) is 54.4 Å². The Labute approximate surface area is 246 Å². The number of carboxylic acid groups (broad SMARTS) is 2. The molecule has 3 aliphatic rings. The minimum Gasteiger partial charge on any atom is -0.489 e. The SMILES string of the molecule is C[Si](C)(C)CCOCN1C(=O)CCC(N2Cc3cc(O[C@H]4CCCC[C@@H]4N)ccc3C2=O)C1=O.O=C(O)/C=C/C(=O)O. The number of rotatable bonds is 10. The smallest absolute Gasteiger partial charge is 0.328 e. The summed E-state index contributed by atoms with van der Waals surface area (Å²) in [6, 6.07) is 5.81. The predicted octanol–water partition coefficient (Wildman–Crippen LogP) is 2.83. The van der Waals surface area contributed by atoms with Crippen LogP contribution in [0.3, 0.4) is 0 Å². The lowest BCUT2D eigenvalue weighted by Crippen LogP contribution is -2.55. The summed E-state index contributed by atoms with van der Waals surface area (Å²) < 4.78 is 11.8. The van der Waals surface area contributed by atoms with Gasteiger partial charge in [0.1, 0.15) is 24.6 Å². The maximum Gasteiger partial charge on any atom is 0.328 e. The van der Waals surface area contributed by atoms with Crippen molar-refractivity contribution in [3.05, 3.63) is 41.5 Å². The minimum atomic E-state index is -1.26. The molecule has 4 N–H and O–H groups in total. The zero-order valence-corrected chi connectivity index (χ0v) is 25.4. The Morgan fingerprint density at radius 2 is 1.71 bits per heavy atom. The van der Waals surface area contributed by atoms with E-state index in [1.54, 1.807) is 11.0 Å². The largest absolute Gasteiger partial charge is 0.489 e. The van der Waals surface area contributed by atoms with Crippen molar-refractivity contribution < 1.29 is 43.7 Å². The molecular formula is C29H41N3O9Si. The number of carboxylic acids is 2. The molecule has 2 aliphatic heterocycles. The monoisotopic (exact) mass is 603 g/mol. The van der Waals surface area contributed by atoms with Gasteiger partial charge in [0.05, 0.1) is 0 Å². The number of amides is 3. The Balaban J connectivity index is 0.000000531. The van der Waals surface area contributed by atoms with Crippen molar-refractivity contribution in [1.82, 2.24) is 9.80 Å². The van der Waals surface area contributed by atoms with Gasteiger partial charge in [0.15, 0.2) is 0 Å². The Morgan fingerprint density at radius 1 is 1.05 bits per heavy atom. The van der Waals surface area contributed by atoms with Crippen LogP contribution in [0.5, 0.6) is 5.75 Å². The molecule has 1 aromatic carbocycles. The van der Waals surface area contributed by atoms with E-state index in [1.807, 2.05) is 12.1 Å². The summed E-state index contributed by atoms with van der Waals surface area (Å²) in [5.41, 5.74) is 7.65. The first-order valence-corrected chi connectivity index (χ1v) is 17.9. The number of piperidine rings is 1. The fourth-order valence-electron chi connectivity index (χ4n) is 5.01. The highest BCUT2D eigenvalue weighted by Crippen LogP contribution is 2.32. The predicted molar refractivity (Wildman–Crippen MR) is 155 cm³/mol. The second-order valence-corrected chi connectivity index (χ2v) is 17.6. The van der Waals surface area contributed by atoms with Crippen LogP contribution in [0, 0.1) is 0 Å². The highest BCUT2D eigenvalue weighted by Gasteiger charge is 2.43. The van der Waals surface area contributed by atoms with E-state index in [4.69, 9.17) is 25.4 Å². The summed E-state index contributed by atoms with van der Waals surface area (Å²) in [5, 5.41) is 15.6. The zero-order chi connectivity index (χ0) is 31.0. The summed E-state index contributed by atoms with van der Waals surface area (Å²) in [4.78, 5) is 60.6. The molecule has 1 saturated carbocycles. The first-order chi connectivity index (χ1) is 19.8. The number of likely N-dealkylation sites (tertiary alicyclic amines) is 1. The highest BCUT2D eigenvalue weighted by atomic mass is 28.3. The molecule has 0 aromatic heterocycles. The van der Waals surface area contributed by atoms with Gasteiger partial charge in [-0.05, 0) is 55.5 Å². The van der Waals surface area contributed by atoms with Gasteiger partial charge in [0.2, 0.25) is 5.91 Å². The summed E-state index contributed by atoms with van der Waals surface area (Å²) >= 11 is 0. The van der Waals surface area contributed by atoms with E-state index < -0.39 is 26.1 Å². The lowest BCUT2D eigenvalue weighted by atomic mass is 9.93. The van der Waals surface area contributed by atoms with Crippen LogP contribution in [0.2, 0.25) is 25.7 Å². The normalized spacial score (nSPS) is 22.6. The van der Waals surface area contributed by atoms with Crippen LogP contribution >= 0.6 is 0 Å². The topological polar surface area (TPSA) is 177 Å². The van der Waals surface area contributed by atoms with Gasteiger partial charge in [-0.3, -0.25) is 19.3 Å². The average molecular weight is 604 g/mol. The lowest BCUT2D eigenvalue weighted by molar-refractivity contribution is -0.158. The number of aliphatic carboxylic acids is 2. The lowest BCUT2D eigenvalue weighted by Gasteiger charge is -2.35. The third kappa shape index (κ3) is 9.23. The fourth-order valence-corrected chi connectivity index (χ4v) is 5.77. The molecule has 12 nitrogen and oxygen atoms in total. The number of nitrogens with two attached hydrogens (primary N) is 1. The minimum absolute atomic E-state index is 0.0135. The Bertz CT molecular complexity index is 1200. The molecule has 1 unspecified atom stereocenters. The number of fused-ring (bicyclic) bond motifs is 1. The number of ether oxygens (including phenoxy) is 2. The molecule has 13 heteroatoms. The molecule has 2 fully saturated rings. The second kappa shape index (κ2) is 14.6. The molecule has 1 aliphatic carbocycles. The van der Waals surface area contributed by atoms with Gasteiger partial charge in [-0.15, -0.1) is 0 Å². The van der Waals surface area contributed by atoms with Crippen molar-refractivity contribution in [2.45, 2.75) is 88.9 Å². The molecule has 230 valence electrons. The van der Waals surface area contributed by atoms with Crippen molar-refractivity contribution in [2.24, 2.45) is 5.73 Å². The third-order valence-electron chi connectivity index (χ3n) is 7.40. The summed E-state index contributed by atoms with van der Waals surface area (Å²) in [5.74, 6) is -2.57. The molecule has 1 saturated heterocycles. The van der Waals surface area contributed by atoms with Gasteiger partial charge in [0, 0.05) is 51.4 Å². The number of nitrogens with zero attached hydrogens (tertiary/aromatic N) is 2. The molecule has 1 aromatic rings. The molecule has 4 rings (SSSR count). The molecule has 0 spiro atoms. The van der Waals surface area contributed by atoms with E-state index in [-0.39, 0.29) is 43.0 Å². The zero-order valence-electron chi connectivity index (χ0n) is 24.4. The number of hydrogen-bond donors (Lipinski definition) is 3. The van der Waals surface area contributed by atoms with Gasteiger partial charge in [-0.2, -0.15) is 0 Å². The van der Waals surface area contributed by atoms with Crippen LogP contribution in [-0.2, 0) is 30.5 Å². The van der Waals surface area contributed by atoms with Gasteiger partial charge in [-0.25, -0.2) is 9.59 Å². The maximum atomic E-state index is 13.2. The van der Waals surface area contributed by atoms with Crippen molar-refractivity contribution in [3.63, 3.8) is 0 Å². The molecule has 3 atom stereocenters. The van der Waals surface area contributed by atoms with Crippen molar-refractivity contribution in [3.8, 4) is 5.75 Å². The van der Waals surface area contributed by atoms with E-state index >= 15 is 0 Å². The van der Waals surface area contributed by atoms with Crippen molar-refractivity contribution in [1.29, 1.82) is 0 Å². The van der Waals surface area contributed by atoms with Gasteiger partial charge >= 0.3 is 11.9 Å². The quantitative estimate of drug-likeness (QED) is 0.156.